The first-order valence-corrected chi connectivity index (χ1v) is 5.18. The number of rotatable bonds is 2. The van der Waals surface area contributed by atoms with Crippen LogP contribution in [0.15, 0.2) is 12.4 Å². The maximum absolute atomic E-state index is 10.7. The molecule has 0 bridgehead atoms. The van der Waals surface area contributed by atoms with Gasteiger partial charge in [0.05, 0.1) is 18.1 Å². The molecule has 6 nitrogen and oxygen atoms in total. The predicted molar refractivity (Wildman–Crippen MR) is 58.4 cm³/mol. The summed E-state index contributed by atoms with van der Waals surface area (Å²) in [5.41, 5.74) is 0.865. The zero-order valence-electron chi connectivity index (χ0n) is 9.05. The Balaban J connectivity index is 1.92. The number of aryl methyl sites for hydroxylation is 1. The van der Waals surface area contributed by atoms with Gasteiger partial charge in [-0.3, -0.25) is 4.98 Å². The highest BCUT2D eigenvalue weighted by Gasteiger charge is 2.25. The number of likely N-dealkylation sites (tertiary alicyclic amines) is 1. The van der Waals surface area contributed by atoms with E-state index in [-0.39, 0.29) is 6.04 Å². The van der Waals surface area contributed by atoms with Crippen molar-refractivity contribution in [3.05, 3.63) is 18.1 Å². The Hall–Kier alpha value is -1.85. The molecule has 1 saturated heterocycles. The molecule has 2 rings (SSSR count). The Morgan fingerprint density at radius 1 is 1.56 bits per heavy atom. The molecule has 16 heavy (non-hydrogen) atoms. The molecule has 2 N–H and O–H groups in total. The van der Waals surface area contributed by atoms with Crippen molar-refractivity contribution in [3.63, 3.8) is 0 Å². The fraction of sp³-hybridized carbons (Fsp3) is 0.500. The standard InChI is InChI=1S/C10H14N4O2/c1-7-4-12-9(5-11-7)13-8-2-3-14(6-8)10(15)16/h4-5,8H,2-3,6H2,1H3,(H,12,13)(H,15,16)/t8-/m1/s1. The first-order valence-electron chi connectivity index (χ1n) is 5.18. The van der Waals surface area contributed by atoms with Crippen LogP contribution < -0.4 is 5.32 Å². The third-order valence-electron chi connectivity index (χ3n) is 2.59. The summed E-state index contributed by atoms with van der Waals surface area (Å²) in [5, 5.41) is 12.0. The van der Waals surface area contributed by atoms with Gasteiger partial charge < -0.3 is 15.3 Å². The van der Waals surface area contributed by atoms with Gasteiger partial charge in [0.2, 0.25) is 0 Å². The maximum atomic E-state index is 10.7. The fourth-order valence-electron chi connectivity index (χ4n) is 1.73. The Kier molecular flexibility index (Phi) is 2.89. The summed E-state index contributed by atoms with van der Waals surface area (Å²) in [6, 6.07) is 0.133. The number of hydrogen-bond donors (Lipinski definition) is 2. The molecule has 1 aromatic rings. The van der Waals surface area contributed by atoms with Crippen molar-refractivity contribution in [2.75, 3.05) is 18.4 Å². The second kappa shape index (κ2) is 4.34. The Labute approximate surface area is 93.3 Å². The van der Waals surface area contributed by atoms with E-state index < -0.39 is 6.09 Å². The molecule has 1 aromatic heterocycles. The largest absolute Gasteiger partial charge is 0.465 e. The number of hydrogen-bond acceptors (Lipinski definition) is 4. The number of nitrogens with zero attached hydrogens (tertiary/aromatic N) is 3. The zero-order valence-corrected chi connectivity index (χ0v) is 9.05. The van der Waals surface area contributed by atoms with Gasteiger partial charge in [-0.1, -0.05) is 0 Å². The highest BCUT2D eigenvalue weighted by molar-refractivity contribution is 5.65. The van der Waals surface area contributed by atoms with Gasteiger partial charge in [0.25, 0.3) is 0 Å². The van der Waals surface area contributed by atoms with Crippen molar-refractivity contribution in [1.29, 1.82) is 0 Å². The van der Waals surface area contributed by atoms with Crippen molar-refractivity contribution in [3.8, 4) is 0 Å². The van der Waals surface area contributed by atoms with E-state index in [1.165, 1.54) is 4.90 Å². The van der Waals surface area contributed by atoms with Crippen molar-refractivity contribution >= 4 is 11.9 Å². The molecule has 1 amide bonds. The summed E-state index contributed by atoms with van der Waals surface area (Å²) in [7, 11) is 0. The average molecular weight is 222 g/mol. The average Bonchev–Trinajstić information content (AvgIpc) is 2.70. The molecule has 0 radical (unpaired) electrons. The van der Waals surface area contributed by atoms with Crippen LogP contribution in [0.25, 0.3) is 0 Å². The molecule has 0 spiro atoms. The molecule has 0 saturated carbocycles. The van der Waals surface area contributed by atoms with Gasteiger partial charge in [-0.2, -0.15) is 0 Å². The van der Waals surface area contributed by atoms with Crippen molar-refractivity contribution in [2.45, 2.75) is 19.4 Å². The van der Waals surface area contributed by atoms with Crippen molar-refractivity contribution in [2.24, 2.45) is 0 Å². The van der Waals surface area contributed by atoms with E-state index in [4.69, 9.17) is 5.11 Å². The summed E-state index contributed by atoms with van der Waals surface area (Å²) in [6.45, 7) is 2.95. The highest BCUT2D eigenvalue weighted by atomic mass is 16.4. The van der Waals surface area contributed by atoms with E-state index in [9.17, 15) is 4.79 Å². The fourth-order valence-corrected chi connectivity index (χ4v) is 1.73. The quantitative estimate of drug-likeness (QED) is 0.778. The first-order chi connectivity index (χ1) is 7.65. The molecular weight excluding hydrogens is 208 g/mol. The normalized spacial score (nSPS) is 19.8. The summed E-state index contributed by atoms with van der Waals surface area (Å²) in [4.78, 5) is 20.4. The number of anilines is 1. The van der Waals surface area contributed by atoms with E-state index in [1.54, 1.807) is 12.4 Å². The van der Waals surface area contributed by atoms with Gasteiger partial charge in [0, 0.05) is 19.1 Å². The maximum Gasteiger partial charge on any atom is 0.407 e. The minimum atomic E-state index is -0.862. The third kappa shape index (κ3) is 2.39. The van der Waals surface area contributed by atoms with Crippen molar-refractivity contribution in [1.82, 2.24) is 14.9 Å². The second-order valence-corrected chi connectivity index (χ2v) is 3.90. The molecular formula is C10H14N4O2. The van der Waals surface area contributed by atoms with Gasteiger partial charge in [0.1, 0.15) is 5.82 Å². The first kappa shape index (κ1) is 10.7. The van der Waals surface area contributed by atoms with Gasteiger partial charge >= 0.3 is 6.09 Å². The van der Waals surface area contributed by atoms with E-state index in [1.807, 2.05) is 6.92 Å². The summed E-state index contributed by atoms with van der Waals surface area (Å²) in [6.07, 6.45) is 3.30. The minimum Gasteiger partial charge on any atom is -0.465 e. The van der Waals surface area contributed by atoms with E-state index >= 15 is 0 Å². The molecule has 2 heterocycles. The molecule has 1 fully saturated rings. The van der Waals surface area contributed by atoms with Gasteiger partial charge in [-0.25, -0.2) is 9.78 Å². The van der Waals surface area contributed by atoms with Crippen LogP contribution in [-0.2, 0) is 0 Å². The van der Waals surface area contributed by atoms with Gasteiger partial charge in [-0.05, 0) is 13.3 Å². The number of carbonyl (C=O) groups is 1. The van der Waals surface area contributed by atoms with Crippen LogP contribution in [0.4, 0.5) is 10.6 Å². The van der Waals surface area contributed by atoms with Gasteiger partial charge in [-0.15, -0.1) is 0 Å². The monoisotopic (exact) mass is 222 g/mol. The Morgan fingerprint density at radius 3 is 2.94 bits per heavy atom. The molecule has 0 unspecified atom stereocenters. The molecule has 0 aromatic carbocycles. The van der Waals surface area contributed by atoms with E-state index in [2.05, 4.69) is 15.3 Å². The van der Waals surface area contributed by atoms with Crippen LogP contribution in [0.1, 0.15) is 12.1 Å². The topological polar surface area (TPSA) is 78.4 Å². The lowest BCUT2D eigenvalue weighted by Gasteiger charge is -2.13. The Morgan fingerprint density at radius 2 is 2.38 bits per heavy atom. The molecule has 0 aliphatic carbocycles. The lowest BCUT2D eigenvalue weighted by atomic mass is 10.2. The number of nitrogens with one attached hydrogen (secondary N) is 1. The van der Waals surface area contributed by atoms with Crippen LogP contribution >= 0.6 is 0 Å². The summed E-state index contributed by atoms with van der Waals surface area (Å²) >= 11 is 0. The van der Waals surface area contributed by atoms with E-state index in [0.717, 1.165) is 12.1 Å². The number of amides is 1. The molecule has 1 aliphatic heterocycles. The smallest absolute Gasteiger partial charge is 0.407 e. The molecule has 1 aliphatic rings. The highest BCUT2D eigenvalue weighted by Crippen LogP contribution is 2.13. The number of aromatic nitrogens is 2. The minimum absolute atomic E-state index is 0.133. The molecule has 1 atom stereocenters. The van der Waals surface area contributed by atoms with Crippen LogP contribution in [0.5, 0.6) is 0 Å². The lowest BCUT2D eigenvalue weighted by molar-refractivity contribution is 0.155. The van der Waals surface area contributed by atoms with Crippen molar-refractivity contribution < 1.29 is 9.90 Å². The lowest BCUT2D eigenvalue weighted by Crippen LogP contribution is -2.30. The predicted octanol–water partition coefficient (Wildman–Crippen LogP) is 0.949. The Bertz CT molecular complexity index is 379. The summed E-state index contributed by atoms with van der Waals surface area (Å²) < 4.78 is 0. The van der Waals surface area contributed by atoms with Crippen LogP contribution in [0, 0.1) is 6.92 Å². The molecule has 86 valence electrons. The second-order valence-electron chi connectivity index (χ2n) is 3.90. The summed E-state index contributed by atoms with van der Waals surface area (Å²) in [5.74, 6) is 0.697. The molecule has 6 heteroatoms. The number of carboxylic acid groups (broad SMARTS) is 1. The van der Waals surface area contributed by atoms with Crippen LogP contribution in [0.3, 0.4) is 0 Å². The van der Waals surface area contributed by atoms with Crippen LogP contribution in [0.2, 0.25) is 0 Å². The van der Waals surface area contributed by atoms with Gasteiger partial charge in [0.15, 0.2) is 0 Å². The van der Waals surface area contributed by atoms with Crippen LogP contribution in [-0.4, -0.2) is 45.2 Å². The zero-order chi connectivity index (χ0) is 11.5. The van der Waals surface area contributed by atoms with E-state index in [0.29, 0.717) is 18.9 Å². The SMILES string of the molecule is Cc1cnc(N[C@@H]2CCN(C(=O)O)C2)cn1. The third-order valence-corrected chi connectivity index (χ3v) is 2.59.